The number of aryl methyl sites for hydroxylation is 1. The van der Waals surface area contributed by atoms with Crippen molar-refractivity contribution < 1.29 is 18.0 Å². The summed E-state index contributed by atoms with van der Waals surface area (Å²) in [5.41, 5.74) is 1.30. The van der Waals surface area contributed by atoms with Gasteiger partial charge in [-0.25, -0.2) is 22.9 Å². The zero-order valence-electron chi connectivity index (χ0n) is 15.7. The summed E-state index contributed by atoms with van der Waals surface area (Å²) in [6.45, 7) is 2.21. The van der Waals surface area contributed by atoms with Crippen LogP contribution in [0.4, 0.5) is 10.1 Å². The van der Waals surface area contributed by atoms with E-state index in [0.717, 1.165) is 28.1 Å². The Bertz CT molecular complexity index is 1120. The van der Waals surface area contributed by atoms with Gasteiger partial charge in [-0.05, 0) is 24.3 Å². The van der Waals surface area contributed by atoms with Crippen LogP contribution in [-0.4, -0.2) is 66.9 Å². The second kappa shape index (κ2) is 6.87. The lowest BCUT2D eigenvalue weighted by Crippen LogP contribution is -2.56. The average molecular weight is 407 g/mol. The van der Waals surface area contributed by atoms with E-state index in [9.17, 15) is 18.0 Å². The Morgan fingerprint density at radius 1 is 1.18 bits per heavy atom. The Morgan fingerprint density at radius 2 is 1.89 bits per heavy atom. The van der Waals surface area contributed by atoms with Gasteiger partial charge in [0.25, 0.3) is 0 Å². The van der Waals surface area contributed by atoms with Gasteiger partial charge in [-0.2, -0.15) is 0 Å². The van der Waals surface area contributed by atoms with Crippen molar-refractivity contribution >= 4 is 21.7 Å². The highest BCUT2D eigenvalue weighted by molar-refractivity contribution is 7.90. The molecule has 0 bridgehead atoms. The standard InChI is InChI=1S/C18H22FN5O3S/c1-21-6-5-13-12-24(25)18(20-17(13)21)23-9-7-22(8-10-23)15-4-3-14(19)11-16(15)28(2,26)27/h3-6,11-12,18,25H,7-10H2,1-2H3. The fourth-order valence-corrected chi connectivity index (χ4v) is 4.58. The molecule has 150 valence electrons. The molecule has 0 spiro atoms. The van der Waals surface area contributed by atoms with Crippen LogP contribution < -0.4 is 15.6 Å². The van der Waals surface area contributed by atoms with Crippen molar-refractivity contribution in [3.8, 4) is 0 Å². The van der Waals surface area contributed by atoms with Gasteiger partial charge in [0.15, 0.2) is 9.84 Å². The van der Waals surface area contributed by atoms with E-state index in [-0.39, 0.29) is 4.90 Å². The molecule has 28 heavy (non-hydrogen) atoms. The van der Waals surface area contributed by atoms with E-state index in [1.165, 1.54) is 12.1 Å². The molecular weight excluding hydrogens is 385 g/mol. The monoisotopic (exact) mass is 407 g/mol. The van der Waals surface area contributed by atoms with Gasteiger partial charge in [0, 0.05) is 57.1 Å². The van der Waals surface area contributed by atoms with E-state index in [2.05, 4.69) is 4.99 Å². The second-order valence-electron chi connectivity index (χ2n) is 7.10. The van der Waals surface area contributed by atoms with Gasteiger partial charge in [-0.1, -0.05) is 0 Å². The predicted octanol–water partition coefficient (Wildman–Crippen LogP) is -0.264. The van der Waals surface area contributed by atoms with E-state index in [4.69, 9.17) is 0 Å². The normalized spacial score (nSPS) is 20.5. The number of piperazine rings is 1. The Balaban J connectivity index is 1.55. The SMILES string of the molecule is Cn1ccc2c1=NC(N1CCN(c3ccc(F)cc3S(C)(=O)=O)CC1)N(O)C=2. The number of hydrogen-bond acceptors (Lipinski definition) is 7. The van der Waals surface area contributed by atoms with E-state index in [1.807, 2.05) is 33.7 Å². The van der Waals surface area contributed by atoms with Gasteiger partial charge in [-0.3, -0.25) is 10.1 Å². The Hall–Kier alpha value is -2.43. The first-order valence-corrected chi connectivity index (χ1v) is 10.8. The van der Waals surface area contributed by atoms with Crippen molar-refractivity contribution in [1.82, 2.24) is 14.5 Å². The molecule has 1 aromatic heterocycles. The molecule has 0 aliphatic carbocycles. The number of hydroxylamine groups is 2. The Kier molecular flexibility index (Phi) is 4.64. The summed E-state index contributed by atoms with van der Waals surface area (Å²) in [7, 11) is -1.65. The molecule has 10 heteroatoms. The van der Waals surface area contributed by atoms with Crippen LogP contribution in [0.2, 0.25) is 0 Å². The quantitative estimate of drug-likeness (QED) is 0.755. The molecule has 2 aliphatic heterocycles. The smallest absolute Gasteiger partial charge is 0.203 e. The minimum atomic E-state index is -3.55. The maximum absolute atomic E-state index is 13.6. The molecule has 1 unspecified atom stereocenters. The molecule has 8 nitrogen and oxygen atoms in total. The number of hydrogen-bond donors (Lipinski definition) is 1. The molecular formula is C18H22FN5O3S. The average Bonchev–Trinajstić information content (AvgIpc) is 3.00. The summed E-state index contributed by atoms with van der Waals surface area (Å²) in [4.78, 5) is 8.59. The molecule has 1 atom stereocenters. The molecule has 2 aromatic rings. The van der Waals surface area contributed by atoms with Crippen molar-refractivity contribution in [2.24, 2.45) is 12.0 Å². The molecule has 1 N–H and O–H groups in total. The van der Waals surface area contributed by atoms with Crippen molar-refractivity contribution in [3.63, 3.8) is 0 Å². The van der Waals surface area contributed by atoms with Crippen LogP contribution >= 0.6 is 0 Å². The molecule has 0 radical (unpaired) electrons. The van der Waals surface area contributed by atoms with Crippen LogP contribution in [0.5, 0.6) is 0 Å². The zero-order valence-corrected chi connectivity index (χ0v) is 16.5. The number of fused-ring (bicyclic) bond motifs is 1. The summed E-state index contributed by atoms with van der Waals surface area (Å²) < 4.78 is 39.6. The van der Waals surface area contributed by atoms with Gasteiger partial charge in [-0.15, -0.1) is 0 Å². The van der Waals surface area contributed by atoms with Crippen LogP contribution in [0, 0.1) is 5.82 Å². The highest BCUT2D eigenvalue weighted by Gasteiger charge is 2.29. The highest BCUT2D eigenvalue weighted by Crippen LogP contribution is 2.27. The molecule has 1 aromatic carbocycles. The summed E-state index contributed by atoms with van der Waals surface area (Å²) >= 11 is 0. The van der Waals surface area contributed by atoms with E-state index < -0.39 is 21.9 Å². The topological polar surface area (TPSA) is 81.4 Å². The maximum Gasteiger partial charge on any atom is 0.203 e. The molecule has 1 saturated heterocycles. The third-order valence-electron chi connectivity index (χ3n) is 5.12. The third kappa shape index (κ3) is 3.38. The van der Waals surface area contributed by atoms with Crippen LogP contribution in [0.15, 0.2) is 40.4 Å². The second-order valence-corrected chi connectivity index (χ2v) is 9.08. The van der Waals surface area contributed by atoms with E-state index >= 15 is 0 Å². The number of aromatic nitrogens is 1. The molecule has 3 heterocycles. The number of anilines is 1. The van der Waals surface area contributed by atoms with Gasteiger partial charge < -0.3 is 9.47 Å². The fraction of sp³-hybridized carbons (Fsp3) is 0.389. The predicted molar refractivity (Wildman–Crippen MR) is 101 cm³/mol. The Morgan fingerprint density at radius 3 is 2.57 bits per heavy atom. The lowest BCUT2D eigenvalue weighted by atomic mass is 10.2. The van der Waals surface area contributed by atoms with E-state index in [0.29, 0.717) is 31.9 Å². The molecule has 1 fully saturated rings. The summed E-state index contributed by atoms with van der Waals surface area (Å²) in [6, 6.07) is 5.73. The highest BCUT2D eigenvalue weighted by atomic mass is 32.2. The number of benzene rings is 1. The van der Waals surface area contributed by atoms with Crippen LogP contribution in [0.3, 0.4) is 0 Å². The Labute approximate surface area is 162 Å². The van der Waals surface area contributed by atoms with Gasteiger partial charge in [0.1, 0.15) is 11.3 Å². The first-order chi connectivity index (χ1) is 13.2. The van der Waals surface area contributed by atoms with Gasteiger partial charge in [0.05, 0.1) is 10.6 Å². The number of sulfone groups is 1. The largest absolute Gasteiger partial charge is 0.368 e. The van der Waals surface area contributed by atoms with Crippen molar-refractivity contribution in [3.05, 3.63) is 47.0 Å². The molecule has 0 saturated carbocycles. The minimum absolute atomic E-state index is 0.00567. The molecule has 4 rings (SSSR count). The fourth-order valence-electron chi connectivity index (χ4n) is 3.67. The number of halogens is 1. The van der Waals surface area contributed by atoms with Crippen LogP contribution in [-0.2, 0) is 16.9 Å². The maximum atomic E-state index is 13.6. The number of rotatable bonds is 3. The lowest BCUT2D eigenvalue weighted by molar-refractivity contribution is -0.117. The summed E-state index contributed by atoms with van der Waals surface area (Å²) in [5, 5.41) is 12.3. The number of nitrogens with zero attached hydrogens (tertiary/aromatic N) is 5. The van der Waals surface area contributed by atoms with Crippen molar-refractivity contribution in [2.45, 2.75) is 11.2 Å². The van der Waals surface area contributed by atoms with Gasteiger partial charge >= 0.3 is 0 Å². The summed E-state index contributed by atoms with van der Waals surface area (Å²) in [6.07, 6.45) is 4.09. The first kappa shape index (κ1) is 18.9. The van der Waals surface area contributed by atoms with Crippen molar-refractivity contribution in [2.75, 3.05) is 37.3 Å². The summed E-state index contributed by atoms with van der Waals surface area (Å²) in [5.74, 6) is -0.575. The molecule has 2 aliphatic rings. The van der Waals surface area contributed by atoms with Crippen molar-refractivity contribution in [1.29, 1.82) is 0 Å². The van der Waals surface area contributed by atoms with E-state index in [1.54, 1.807) is 6.20 Å². The van der Waals surface area contributed by atoms with Gasteiger partial charge in [0.2, 0.25) is 6.29 Å². The minimum Gasteiger partial charge on any atom is -0.368 e. The van der Waals surface area contributed by atoms with Crippen LogP contribution in [0.25, 0.3) is 6.20 Å². The molecule has 0 amide bonds. The lowest BCUT2D eigenvalue weighted by Gasteiger charge is -2.41. The first-order valence-electron chi connectivity index (χ1n) is 8.91. The van der Waals surface area contributed by atoms with Crippen LogP contribution in [0.1, 0.15) is 0 Å². The third-order valence-corrected chi connectivity index (χ3v) is 6.24. The zero-order chi connectivity index (χ0) is 20.1.